The van der Waals surface area contributed by atoms with Crippen molar-refractivity contribution in [3.05, 3.63) is 0 Å². The van der Waals surface area contributed by atoms with E-state index in [1.807, 2.05) is 6.92 Å². The fourth-order valence-corrected chi connectivity index (χ4v) is 1.50. The van der Waals surface area contributed by atoms with Gasteiger partial charge in [0.05, 0.1) is 12.1 Å². The smallest absolute Gasteiger partial charge is 0.256 e. The van der Waals surface area contributed by atoms with E-state index in [0.717, 1.165) is 12.8 Å². The highest BCUT2D eigenvalue weighted by molar-refractivity contribution is 4.81. The van der Waals surface area contributed by atoms with E-state index in [0.29, 0.717) is 13.2 Å². The first-order valence-corrected chi connectivity index (χ1v) is 4.39. The summed E-state index contributed by atoms with van der Waals surface area (Å²) in [5, 5.41) is 2.75. The molecule has 0 aromatic carbocycles. The monoisotopic (exact) mass is 179 g/mol. The summed E-state index contributed by atoms with van der Waals surface area (Å²) in [4.78, 5) is 0. The third-order valence-electron chi connectivity index (χ3n) is 2.08. The summed E-state index contributed by atoms with van der Waals surface area (Å²) < 4.78 is 30.0. The van der Waals surface area contributed by atoms with Crippen LogP contribution in [0.4, 0.5) is 8.78 Å². The zero-order valence-corrected chi connectivity index (χ0v) is 7.22. The lowest BCUT2D eigenvalue weighted by Gasteiger charge is -2.22. The molecule has 0 spiro atoms. The SMILES string of the molecule is CCNC(C(F)F)C1CCCO1. The maximum Gasteiger partial charge on any atom is 0.256 e. The number of hydrogen-bond donors (Lipinski definition) is 1. The van der Waals surface area contributed by atoms with Crippen LogP contribution < -0.4 is 5.32 Å². The first-order chi connectivity index (χ1) is 5.75. The van der Waals surface area contributed by atoms with Crippen LogP contribution in [0, 0.1) is 0 Å². The Bertz CT molecular complexity index is 126. The molecular weight excluding hydrogens is 164 g/mol. The molecule has 1 fully saturated rings. The highest BCUT2D eigenvalue weighted by Gasteiger charge is 2.31. The van der Waals surface area contributed by atoms with E-state index in [9.17, 15) is 8.78 Å². The molecule has 1 rings (SSSR count). The number of rotatable bonds is 4. The molecule has 1 heterocycles. The van der Waals surface area contributed by atoms with Crippen molar-refractivity contribution in [1.82, 2.24) is 5.32 Å². The van der Waals surface area contributed by atoms with Crippen molar-refractivity contribution in [2.45, 2.75) is 38.3 Å². The Balaban J connectivity index is 2.40. The average Bonchev–Trinajstić information content (AvgIpc) is 2.51. The molecule has 1 N–H and O–H groups in total. The predicted molar refractivity (Wildman–Crippen MR) is 42.4 cm³/mol. The van der Waals surface area contributed by atoms with Gasteiger partial charge in [-0.2, -0.15) is 0 Å². The fraction of sp³-hybridized carbons (Fsp3) is 1.00. The first kappa shape index (κ1) is 9.86. The van der Waals surface area contributed by atoms with Crippen molar-refractivity contribution in [3.63, 3.8) is 0 Å². The molecule has 0 bridgehead atoms. The van der Waals surface area contributed by atoms with E-state index >= 15 is 0 Å². The van der Waals surface area contributed by atoms with Crippen molar-refractivity contribution in [1.29, 1.82) is 0 Å². The van der Waals surface area contributed by atoms with Crippen LogP contribution >= 0.6 is 0 Å². The molecule has 12 heavy (non-hydrogen) atoms. The van der Waals surface area contributed by atoms with Crippen LogP contribution in [0.3, 0.4) is 0 Å². The van der Waals surface area contributed by atoms with Gasteiger partial charge in [0, 0.05) is 6.61 Å². The maximum atomic E-state index is 12.4. The summed E-state index contributed by atoms with van der Waals surface area (Å²) in [6, 6.07) is -0.780. The predicted octanol–water partition coefficient (Wildman–Crippen LogP) is 1.41. The zero-order chi connectivity index (χ0) is 8.97. The Morgan fingerprint density at radius 3 is 2.75 bits per heavy atom. The molecular formula is C8H15F2NO. The van der Waals surface area contributed by atoms with E-state index in [1.165, 1.54) is 0 Å². The summed E-state index contributed by atoms with van der Waals surface area (Å²) in [6.45, 7) is 3.01. The molecule has 0 aromatic rings. The second-order valence-corrected chi connectivity index (χ2v) is 2.97. The third-order valence-corrected chi connectivity index (χ3v) is 2.08. The van der Waals surface area contributed by atoms with Gasteiger partial charge < -0.3 is 10.1 Å². The Kier molecular flexibility index (Phi) is 3.88. The summed E-state index contributed by atoms with van der Waals surface area (Å²) in [6.07, 6.45) is -0.959. The zero-order valence-electron chi connectivity index (χ0n) is 7.22. The lowest BCUT2D eigenvalue weighted by molar-refractivity contribution is 0.00294. The minimum absolute atomic E-state index is 0.287. The first-order valence-electron chi connectivity index (χ1n) is 4.39. The molecule has 72 valence electrons. The summed E-state index contributed by atoms with van der Waals surface area (Å²) in [7, 11) is 0. The molecule has 0 saturated carbocycles. The van der Waals surface area contributed by atoms with E-state index in [1.54, 1.807) is 0 Å². The largest absolute Gasteiger partial charge is 0.376 e. The van der Waals surface area contributed by atoms with Gasteiger partial charge >= 0.3 is 0 Å². The molecule has 0 aromatic heterocycles. The summed E-state index contributed by atoms with van der Waals surface area (Å²) in [5.41, 5.74) is 0. The van der Waals surface area contributed by atoms with E-state index in [2.05, 4.69) is 5.32 Å². The Labute approximate surface area is 71.3 Å². The minimum atomic E-state index is -2.33. The number of hydrogen-bond acceptors (Lipinski definition) is 2. The van der Waals surface area contributed by atoms with E-state index in [4.69, 9.17) is 4.74 Å². The molecule has 1 aliphatic rings. The molecule has 0 radical (unpaired) electrons. The van der Waals surface area contributed by atoms with Gasteiger partial charge in [0.15, 0.2) is 0 Å². The van der Waals surface area contributed by atoms with Crippen molar-refractivity contribution in [3.8, 4) is 0 Å². The van der Waals surface area contributed by atoms with Crippen LogP contribution in [0.1, 0.15) is 19.8 Å². The van der Waals surface area contributed by atoms with Crippen molar-refractivity contribution in [2.24, 2.45) is 0 Å². The highest BCUT2D eigenvalue weighted by atomic mass is 19.3. The number of nitrogens with one attached hydrogen (secondary N) is 1. The van der Waals surface area contributed by atoms with E-state index in [-0.39, 0.29) is 6.10 Å². The van der Waals surface area contributed by atoms with Crippen LogP contribution in [-0.4, -0.2) is 31.7 Å². The lowest BCUT2D eigenvalue weighted by atomic mass is 10.1. The summed E-state index contributed by atoms with van der Waals surface area (Å²) >= 11 is 0. The fourth-order valence-electron chi connectivity index (χ4n) is 1.50. The van der Waals surface area contributed by atoms with Crippen LogP contribution in [-0.2, 0) is 4.74 Å². The van der Waals surface area contributed by atoms with Gasteiger partial charge in [-0.05, 0) is 19.4 Å². The standard InChI is InChI=1S/C8H15F2NO/c1-2-11-7(8(9)10)6-4-3-5-12-6/h6-8,11H,2-5H2,1H3. The van der Waals surface area contributed by atoms with Crippen LogP contribution in [0.2, 0.25) is 0 Å². The summed E-state index contributed by atoms with van der Waals surface area (Å²) in [5.74, 6) is 0. The van der Waals surface area contributed by atoms with Crippen LogP contribution in [0.15, 0.2) is 0 Å². The Morgan fingerprint density at radius 1 is 1.58 bits per heavy atom. The number of ether oxygens (including phenoxy) is 1. The van der Waals surface area contributed by atoms with Gasteiger partial charge in [-0.1, -0.05) is 6.92 Å². The number of alkyl halides is 2. The molecule has 2 unspecified atom stereocenters. The van der Waals surface area contributed by atoms with Crippen LogP contribution in [0.5, 0.6) is 0 Å². The molecule has 1 aliphatic heterocycles. The van der Waals surface area contributed by atoms with Gasteiger partial charge in [-0.15, -0.1) is 0 Å². The minimum Gasteiger partial charge on any atom is -0.376 e. The third kappa shape index (κ3) is 2.38. The normalized spacial score (nSPS) is 26.5. The van der Waals surface area contributed by atoms with Gasteiger partial charge in [-0.25, -0.2) is 8.78 Å². The average molecular weight is 179 g/mol. The molecule has 4 heteroatoms. The topological polar surface area (TPSA) is 21.3 Å². The Morgan fingerprint density at radius 2 is 2.33 bits per heavy atom. The molecule has 1 saturated heterocycles. The van der Waals surface area contributed by atoms with E-state index < -0.39 is 12.5 Å². The van der Waals surface area contributed by atoms with Crippen molar-refractivity contribution < 1.29 is 13.5 Å². The molecule has 0 amide bonds. The van der Waals surface area contributed by atoms with Gasteiger partial charge in [0.1, 0.15) is 0 Å². The highest BCUT2D eigenvalue weighted by Crippen LogP contribution is 2.19. The molecule has 0 aliphatic carbocycles. The lowest BCUT2D eigenvalue weighted by Crippen LogP contribution is -2.44. The quantitative estimate of drug-likeness (QED) is 0.704. The van der Waals surface area contributed by atoms with Gasteiger partial charge in [0.25, 0.3) is 6.43 Å². The van der Waals surface area contributed by atoms with Crippen LogP contribution in [0.25, 0.3) is 0 Å². The van der Waals surface area contributed by atoms with Crippen molar-refractivity contribution >= 4 is 0 Å². The number of likely N-dealkylation sites (N-methyl/N-ethyl adjacent to an activating group) is 1. The maximum absolute atomic E-state index is 12.4. The van der Waals surface area contributed by atoms with Gasteiger partial charge in [-0.3, -0.25) is 0 Å². The second kappa shape index (κ2) is 4.72. The number of halogens is 2. The molecule has 2 nitrogen and oxygen atoms in total. The Hall–Kier alpha value is -0.220. The van der Waals surface area contributed by atoms with Gasteiger partial charge in [0.2, 0.25) is 0 Å². The second-order valence-electron chi connectivity index (χ2n) is 2.97. The van der Waals surface area contributed by atoms with Crippen molar-refractivity contribution in [2.75, 3.05) is 13.2 Å². The molecule has 2 atom stereocenters.